The molecule has 0 fully saturated rings. The van der Waals surface area contributed by atoms with E-state index >= 15 is 0 Å². The first kappa shape index (κ1) is 18.5. The van der Waals surface area contributed by atoms with Gasteiger partial charge in [0.1, 0.15) is 11.4 Å². The van der Waals surface area contributed by atoms with Gasteiger partial charge in [0.2, 0.25) is 0 Å². The Bertz CT molecular complexity index is 916. The van der Waals surface area contributed by atoms with E-state index in [1.165, 1.54) is 6.92 Å². The van der Waals surface area contributed by atoms with Gasteiger partial charge in [-0.2, -0.15) is 0 Å². The standard InChI is InChI=1S/C19H16O4.Na/c1-12(20)11-15(13-7-3-2-4-8-13)17-18(21)14-9-5-6-10-16(14)23-19(17)22;/h2-10,15,21H,11H2,1H3;/q;+1/p-1/t15-;/m1./s1. The number of rotatable bonds is 4. The minimum Gasteiger partial charge on any atom is -0.872 e. The van der Waals surface area contributed by atoms with E-state index in [0.717, 1.165) is 5.56 Å². The van der Waals surface area contributed by atoms with Crippen molar-refractivity contribution in [3.63, 3.8) is 0 Å². The zero-order valence-corrected chi connectivity index (χ0v) is 15.6. The Morgan fingerprint density at radius 2 is 1.71 bits per heavy atom. The molecule has 5 heteroatoms. The van der Waals surface area contributed by atoms with Crippen molar-refractivity contribution in [2.45, 2.75) is 19.3 Å². The van der Waals surface area contributed by atoms with E-state index in [1.54, 1.807) is 24.3 Å². The molecule has 0 unspecified atom stereocenters. The molecule has 116 valence electrons. The van der Waals surface area contributed by atoms with E-state index in [1.807, 2.05) is 30.3 Å². The molecule has 0 aliphatic carbocycles. The molecule has 0 aliphatic rings. The van der Waals surface area contributed by atoms with Crippen LogP contribution in [0.25, 0.3) is 11.0 Å². The quantitative estimate of drug-likeness (QED) is 0.498. The van der Waals surface area contributed by atoms with Gasteiger partial charge in [-0.15, -0.1) is 0 Å². The van der Waals surface area contributed by atoms with Crippen LogP contribution in [0.2, 0.25) is 0 Å². The van der Waals surface area contributed by atoms with Gasteiger partial charge in [-0.3, -0.25) is 4.79 Å². The van der Waals surface area contributed by atoms with Crippen LogP contribution in [-0.2, 0) is 4.79 Å². The molecule has 1 aromatic heterocycles. The van der Waals surface area contributed by atoms with Crippen LogP contribution in [0.4, 0.5) is 0 Å². The first-order chi connectivity index (χ1) is 11.1. The Hall–Kier alpha value is -1.88. The van der Waals surface area contributed by atoms with Gasteiger partial charge in [0.25, 0.3) is 0 Å². The van der Waals surface area contributed by atoms with Crippen LogP contribution < -0.4 is 40.3 Å². The third kappa shape index (κ3) is 3.61. The zero-order chi connectivity index (χ0) is 16.4. The van der Waals surface area contributed by atoms with Gasteiger partial charge >= 0.3 is 35.2 Å². The molecule has 0 N–H and O–H groups in total. The second kappa shape index (κ2) is 7.79. The van der Waals surface area contributed by atoms with Crippen molar-refractivity contribution in [2.24, 2.45) is 0 Å². The van der Waals surface area contributed by atoms with Crippen LogP contribution in [-0.4, -0.2) is 5.78 Å². The molecule has 3 aromatic rings. The van der Waals surface area contributed by atoms with E-state index in [4.69, 9.17) is 4.42 Å². The van der Waals surface area contributed by atoms with Crippen molar-refractivity contribution in [3.05, 3.63) is 76.1 Å². The van der Waals surface area contributed by atoms with Gasteiger partial charge in [-0.1, -0.05) is 54.3 Å². The second-order valence-electron chi connectivity index (χ2n) is 5.50. The molecule has 0 spiro atoms. The van der Waals surface area contributed by atoms with Crippen molar-refractivity contribution >= 4 is 16.8 Å². The average molecular weight is 330 g/mol. The summed E-state index contributed by atoms with van der Waals surface area (Å²) in [4.78, 5) is 24.0. The predicted octanol–water partition coefficient (Wildman–Crippen LogP) is -0.0184. The molecular formula is C19H15NaO4. The van der Waals surface area contributed by atoms with Crippen LogP contribution in [0, 0.1) is 0 Å². The minimum absolute atomic E-state index is 0. The molecule has 0 bridgehead atoms. The molecule has 0 saturated heterocycles. The first-order valence-corrected chi connectivity index (χ1v) is 7.35. The molecule has 2 aromatic carbocycles. The van der Waals surface area contributed by atoms with Crippen molar-refractivity contribution in [1.29, 1.82) is 0 Å². The molecular weight excluding hydrogens is 315 g/mol. The van der Waals surface area contributed by atoms with Gasteiger partial charge in [-0.25, -0.2) is 4.79 Å². The number of carbonyl (C=O) groups is 1. The largest absolute Gasteiger partial charge is 1.00 e. The number of ketones is 1. The van der Waals surface area contributed by atoms with Crippen molar-refractivity contribution in [2.75, 3.05) is 0 Å². The number of hydrogen-bond acceptors (Lipinski definition) is 4. The molecule has 0 aliphatic heterocycles. The minimum atomic E-state index is -0.677. The van der Waals surface area contributed by atoms with E-state index in [2.05, 4.69) is 0 Å². The Morgan fingerprint density at radius 3 is 2.38 bits per heavy atom. The Kier molecular flexibility index (Phi) is 5.99. The van der Waals surface area contributed by atoms with Crippen LogP contribution in [0.5, 0.6) is 5.75 Å². The molecule has 1 heterocycles. The van der Waals surface area contributed by atoms with Gasteiger partial charge in [-0.05, 0) is 18.6 Å². The van der Waals surface area contributed by atoms with Gasteiger partial charge < -0.3 is 9.52 Å². The molecule has 0 radical (unpaired) electrons. The summed E-state index contributed by atoms with van der Waals surface area (Å²) in [6.45, 7) is 1.45. The normalized spacial score (nSPS) is 11.7. The summed E-state index contributed by atoms with van der Waals surface area (Å²) >= 11 is 0. The molecule has 4 nitrogen and oxygen atoms in total. The van der Waals surface area contributed by atoms with Crippen molar-refractivity contribution < 1.29 is 43.9 Å². The summed E-state index contributed by atoms with van der Waals surface area (Å²) in [5.41, 5.74) is 0.358. The molecule has 24 heavy (non-hydrogen) atoms. The van der Waals surface area contributed by atoms with Gasteiger partial charge in [0.05, 0.1) is 0 Å². The number of hydrogen-bond donors (Lipinski definition) is 0. The van der Waals surface area contributed by atoms with E-state index < -0.39 is 11.5 Å². The van der Waals surface area contributed by atoms with Crippen LogP contribution in [0.15, 0.2) is 63.8 Å². The van der Waals surface area contributed by atoms with Crippen molar-refractivity contribution in [3.8, 4) is 5.75 Å². The third-order valence-corrected chi connectivity index (χ3v) is 3.84. The second-order valence-corrected chi connectivity index (χ2v) is 5.50. The fourth-order valence-electron chi connectivity index (χ4n) is 2.80. The van der Waals surface area contributed by atoms with E-state index in [9.17, 15) is 14.7 Å². The third-order valence-electron chi connectivity index (χ3n) is 3.84. The Labute approximate surface area is 161 Å². The number of benzene rings is 2. The zero-order valence-electron chi connectivity index (χ0n) is 13.6. The monoisotopic (exact) mass is 330 g/mol. The first-order valence-electron chi connectivity index (χ1n) is 7.35. The maximum atomic E-state index is 12.8. The summed E-state index contributed by atoms with van der Waals surface area (Å²) in [6, 6.07) is 15.7. The molecule has 0 saturated carbocycles. The number of para-hydroxylation sites is 1. The summed E-state index contributed by atoms with van der Waals surface area (Å²) < 4.78 is 5.29. The van der Waals surface area contributed by atoms with Crippen LogP contribution in [0.3, 0.4) is 0 Å². The van der Waals surface area contributed by atoms with E-state index in [-0.39, 0.29) is 58.7 Å². The summed E-state index contributed by atoms with van der Waals surface area (Å²) in [7, 11) is 0. The molecule has 0 amide bonds. The summed E-state index contributed by atoms with van der Waals surface area (Å²) in [5.74, 6) is -1.06. The Morgan fingerprint density at radius 1 is 1.08 bits per heavy atom. The maximum absolute atomic E-state index is 12.8. The fraction of sp³-hybridized carbons (Fsp3) is 0.158. The number of Topliss-reactive ketones (excluding diaryl/α,β-unsaturated/α-hetero) is 1. The van der Waals surface area contributed by atoms with E-state index in [0.29, 0.717) is 5.39 Å². The maximum Gasteiger partial charge on any atom is 1.00 e. The van der Waals surface area contributed by atoms with Gasteiger partial charge in [0, 0.05) is 23.3 Å². The molecule has 3 rings (SSSR count). The van der Waals surface area contributed by atoms with Crippen molar-refractivity contribution in [1.82, 2.24) is 0 Å². The predicted molar refractivity (Wildman–Crippen MR) is 85.5 cm³/mol. The summed E-state index contributed by atoms with van der Waals surface area (Å²) in [6.07, 6.45) is 0.0857. The van der Waals surface area contributed by atoms with Gasteiger partial charge in [0.15, 0.2) is 0 Å². The van der Waals surface area contributed by atoms with Crippen LogP contribution in [0.1, 0.15) is 30.4 Å². The smallest absolute Gasteiger partial charge is 0.872 e. The average Bonchev–Trinajstić information content (AvgIpc) is 2.54. The molecule has 1 atom stereocenters. The number of fused-ring (bicyclic) bond motifs is 1. The topological polar surface area (TPSA) is 70.3 Å². The fourth-order valence-corrected chi connectivity index (χ4v) is 2.80. The number of carbonyl (C=O) groups excluding carboxylic acids is 1. The van der Waals surface area contributed by atoms with Crippen LogP contribution >= 0.6 is 0 Å². The SMILES string of the molecule is CC(=O)C[C@H](c1ccccc1)c1c([O-])c2ccccc2oc1=O.[Na+]. The Balaban J connectivity index is 0.00000208. The summed E-state index contributed by atoms with van der Waals surface area (Å²) in [5, 5.41) is 13.1.